The largest absolute Gasteiger partial charge is 0.325 e. The minimum atomic E-state index is -0.383. The standard InChI is InChI=1S/C15H11BrFNO/c16-13-6-5-10(8-14(13)17)18-15(19)12-7-9-3-1-2-4-11(9)12/h1-6,8,12H,7H2,(H,18,19). The second-order valence-corrected chi connectivity index (χ2v) is 5.43. The number of amides is 1. The highest BCUT2D eigenvalue weighted by molar-refractivity contribution is 9.10. The molecule has 96 valence electrons. The second-order valence-electron chi connectivity index (χ2n) is 4.57. The molecule has 0 spiro atoms. The minimum absolute atomic E-state index is 0.0829. The van der Waals surface area contributed by atoms with E-state index in [9.17, 15) is 9.18 Å². The molecule has 1 aliphatic rings. The van der Waals surface area contributed by atoms with Crippen LogP contribution in [0.4, 0.5) is 10.1 Å². The number of nitrogens with one attached hydrogen (secondary N) is 1. The molecule has 0 saturated carbocycles. The molecule has 0 fully saturated rings. The van der Waals surface area contributed by atoms with Gasteiger partial charge in [-0.2, -0.15) is 0 Å². The van der Waals surface area contributed by atoms with Gasteiger partial charge in [-0.25, -0.2) is 4.39 Å². The fraction of sp³-hybridized carbons (Fsp3) is 0.133. The summed E-state index contributed by atoms with van der Waals surface area (Å²) in [6.45, 7) is 0. The molecule has 1 unspecified atom stereocenters. The fourth-order valence-electron chi connectivity index (χ4n) is 2.30. The molecule has 0 radical (unpaired) electrons. The number of carbonyl (C=O) groups excluding carboxylic acids is 1. The maximum absolute atomic E-state index is 13.4. The van der Waals surface area contributed by atoms with Crippen LogP contribution in [-0.2, 0) is 11.2 Å². The number of halogens is 2. The molecule has 1 aliphatic carbocycles. The van der Waals surface area contributed by atoms with Crippen molar-refractivity contribution in [2.45, 2.75) is 12.3 Å². The quantitative estimate of drug-likeness (QED) is 0.894. The zero-order valence-corrected chi connectivity index (χ0v) is 11.6. The summed E-state index contributed by atoms with van der Waals surface area (Å²) in [5, 5.41) is 2.75. The topological polar surface area (TPSA) is 29.1 Å². The molecule has 4 heteroatoms. The number of anilines is 1. The van der Waals surface area contributed by atoms with Crippen molar-refractivity contribution >= 4 is 27.5 Å². The highest BCUT2D eigenvalue weighted by atomic mass is 79.9. The van der Waals surface area contributed by atoms with Crippen molar-refractivity contribution in [3.63, 3.8) is 0 Å². The predicted octanol–water partition coefficient (Wildman–Crippen LogP) is 3.87. The molecular weight excluding hydrogens is 309 g/mol. The Morgan fingerprint density at radius 2 is 2.05 bits per heavy atom. The fourth-order valence-corrected chi connectivity index (χ4v) is 2.54. The maximum Gasteiger partial charge on any atom is 0.232 e. The van der Waals surface area contributed by atoms with Crippen molar-refractivity contribution in [1.29, 1.82) is 0 Å². The average Bonchev–Trinajstić information content (AvgIpc) is 2.35. The van der Waals surface area contributed by atoms with Crippen LogP contribution < -0.4 is 5.32 Å². The number of carbonyl (C=O) groups is 1. The second kappa shape index (κ2) is 4.78. The van der Waals surface area contributed by atoms with Gasteiger partial charge in [0, 0.05) is 5.69 Å². The van der Waals surface area contributed by atoms with Gasteiger partial charge in [-0.1, -0.05) is 24.3 Å². The van der Waals surface area contributed by atoms with Crippen LogP contribution in [-0.4, -0.2) is 5.91 Å². The Hall–Kier alpha value is -1.68. The molecule has 1 amide bonds. The molecule has 2 nitrogen and oxygen atoms in total. The van der Waals surface area contributed by atoms with Crippen LogP contribution in [0.1, 0.15) is 17.0 Å². The number of rotatable bonds is 2. The number of hydrogen-bond donors (Lipinski definition) is 1. The minimum Gasteiger partial charge on any atom is -0.325 e. The van der Waals surface area contributed by atoms with Crippen LogP contribution in [0.5, 0.6) is 0 Å². The molecule has 0 heterocycles. The molecule has 0 aromatic heterocycles. The van der Waals surface area contributed by atoms with Gasteiger partial charge >= 0.3 is 0 Å². The molecule has 0 aliphatic heterocycles. The van der Waals surface area contributed by atoms with E-state index >= 15 is 0 Å². The zero-order chi connectivity index (χ0) is 13.4. The molecular formula is C15H11BrFNO. The van der Waals surface area contributed by atoms with E-state index in [1.54, 1.807) is 12.1 Å². The first-order chi connectivity index (χ1) is 9.15. The summed E-state index contributed by atoms with van der Waals surface area (Å²) >= 11 is 3.08. The van der Waals surface area contributed by atoms with Crippen LogP contribution in [0.15, 0.2) is 46.9 Å². The summed E-state index contributed by atoms with van der Waals surface area (Å²) in [7, 11) is 0. The smallest absolute Gasteiger partial charge is 0.232 e. The van der Waals surface area contributed by atoms with E-state index in [0.717, 1.165) is 12.0 Å². The number of fused-ring (bicyclic) bond motifs is 1. The van der Waals surface area contributed by atoms with Crippen molar-refractivity contribution in [2.75, 3.05) is 5.32 Å². The lowest BCUT2D eigenvalue weighted by Gasteiger charge is -2.28. The van der Waals surface area contributed by atoms with Gasteiger partial charge < -0.3 is 5.32 Å². The molecule has 0 saturated heterocycles. The maximum atomic E-state index is 13.4. The summed E-state index contributed by atoms with van der Waals surface area (Å²) in [4.78, 5) is 12.1. The highest BCUT2D eigenvalue weighted by Gasteiger charge is 2.31. The summed E-state index contributed by atoms with van der Waals surface area (Å²) in [6, 6.07) is 12.5. The molecule has 1 N–H and O–H groups in total. The van der Waals surface area contributed by atoms with Crippen LogP contribution in [0, 0.1) is 5.82 Å². The third kappa shape index (κ3) is 2.28. The number of benzene rings is 2. The van der Waals surface area contributed by atoms with Gasteiger partial charge in [-0.05, 0) is 51.7 Å². The van der Waals surface area contributed by atoms with Gasteiger partial charge in [-0.3, -0.25) is 4.79 Å². The van der Waals surface area contributed by atoms with Crippen LogP contribution in [0.3, 0.4) is 0 Å². The van der Waals surface area contributed by atoms with Crippen molar-refractivity contribution in [3.8, 4) is 0 Å². The van der Waals surface area contributed by atoms with Crippen LogP contribution >= 0.6 is 15.9 Å². The van der Waals surface area contributed by atoms with Gasteiger partial charge in [0.1, 0.15) is 5.82 Å². The SMILES string of the molecule is O=C(Nc1ccc(Br)c(F)c1)C1Cc2ccccc21. The molecule has 1 atom stereocenters. The summed E-state index contributed by atoms with van der Waals surface area (Å²) in [6.07, 6.45) is 0.751. The Labute approximate surface area is 118 Å². The third-order valence-corrected chi connectivity index (χ3v) is 4.00. The van der Waals surface area contributed by atoms with E-state index in [2.05, 4.69) is 21.2 Å². The average molecular weight is 320 g/mol. The van der Waals surface area contributed by atoms with E-state index in [1.165, 1.54) is 11.6 Å². The van der Waals surface area contributed by atoms with E-state index in [1.807, 2.05) is 24.3 Å². The monoisotopic (exact) mass is 319 g/mol. The normalized spacial score (nSPS) is 16.4. The Balaban J connectivity index is 1.75. The van der Waals surface area contributed by atoms with Crippen LogP contribution in [0.2, 0.25) is 0 Å². The van der Waals surface area contributed by atoms with E-state index in [0.29, 0.717) is 10.2 Å². The van der Waals surface area contributed by atoms with Gasteiger partial charge in [0.25, 0.3) is 0 Å². The van der Waals surface area contributed by atoms with Crippen molar-refractivity contribution in [2.24, 2.45) is 0 Å². The molecule has 2 aromatic rings. The summed E-state index contributed by atoms with van der Waals surface area (Å²) in [5.74, 6) is -0.588. The van der Waals surface area contributed by atoms with Gasteiger partial charge in [0.15, 0.2) is 0 Å². The Morgan fingerprint density at radius 1 is 1.26 bits per heavy atom. The first kappa shape index (κ1) is 12.4. The van der Waals surface area contributed by atoms with E-state index in [-0.39, 0.29) is 17.6 Å². The van der Waals surface area contributed by atoms with E-state index < -0.39 is 0 Å². The highest BCUT2D eigenvalue weighted by Crippen LogP contribution is 2.35. The number of hydrogen-bond acceptors (Lipinski definition) is 1. The first-order valence-electron chi connectivity index (χ1n) is 5.99. The van der Waals surface area contributed by atoms with Crippen LogP contribution in [0.25, 0.3) is 0 Å². The molecule has 3 rings (SSSR count). The Kier molecular flexibility index (Phi) is 3.11. The van der Waals surface area contributed by atoms with Crippen molar-refractivity contribution < 1.29 is 9.18 Å². The van der Waals surface area contributed by atoms with Crippen molar-refractivity contribution in [1.82, 2.24) is 0 Å². The zero-order valence-electron chi connectivity index (χ0n) is 9.99. The Bertz CT molecular complexity index is 656. The first-order valence-corrected chi connectivity index (χ1v) is 6.78. The molecule has 2 aromatic carbocycles. The van der Waals surface area contributed by atoms with E-state index in [4.69, 9.17) is 0 Å². The van der Waals surface area contributed by atoms with Crippen molar-refractivity contribution in [3.05, 3.63) is 63.9 Å². The predicted molar refractivity (Wildman–Crippen MR) is 75.6 cm³/mol. The molecule has 0 bridgehead atoms. The summed E-state index contributed by atoms with van der Waals surface area (Å²) < 4.78 is 13.8. The van der Waals surface area contributed by atoms with Gasteiger partial charge in [0.05, 0.1) is 10.4 Å². The van der Waals surface area contributed by atoms with Gasteiger partial charge in [-0.15, -0.1) is 0 Å². The Morgan fingerprint density at radius 3 is 2.79 bits per heavy atom. The van der Waals surface area contributed by atoms with Gasteiger partial charge in [0.2, 0.25) is 5.91 Å². The summed E-state index contributed by atoms with van der Waals surface area (Å²) in [5.41, 5.74) is 2.76. The lowest BCUT2D eigenvalue weighted by molar-refractivity contribution is -0.118. The third-order valence-electron chi connectivity index (χ3n) is 3.36. The lowest BCUT2D eigenvalue weighted by atomic mass is 9.77. The lowest BCUT2D eigenvalue weighted by Crippen LogP contribution is -2.30. The molecule has 19 heavy (non-hydrogen) atoms.